The minimum atomic E-state index is -0.842. The van der Waals surface area contributed by atoms with Crippen LogP contribution in [0.2, 0.25) is 0 Å². The van der Waals surface area contributed by atoms with Gasteiger partial charge in [-0.15, -0.1) is 0 Å². The van der Waals surface area contributed by atoms with Crippen molar-refractivity contribution in [3.63, 3.8) is 0 Å². The van der Waals surface area contributed by atoms with Crippen molar-refractivity contribution in [2.45, 2.75) is 32.2 Å². The first-order valence-corrected chi connectivity index (χ1v) is 5.55. The molecule has 86 valence electrons. The molecule has 5 heteroatoms. The monoisotopic (exact) mass is 221 g/mol. The van der Waals surface area contributed by atoms with Crippen molar-refractivity contribution >= 4 is 11.8 Å². The largest absolute Gasteiger partial charge is 0.354 e. The molecule has 0 spiro atoms. The van der Waals surface area contributed by atoms with Crippen molar-refractivity contribution < 1.29 is 9.59 Å². The number of nitrogens with zero attached hydrogens (tertiary/aromatic N) is 1. The zero-order valence-electron chi connectivity index (χ0n) is 9.25. The summed E-state index contributed by atoms with van der Waals surface area (Å²) in [5.41, 5.74) is -0.842. The van der Waals surface area contributed by atoms with E-state index in [2.05, 4.69) is 16.7 Å². The number of rotatable bonds is 2. The van der Waals surface area contributed by atoms with E-state index in [1.54, 1.807) is 0 Å². The Hall–Kier alpha value is -1.57. The van der Waals surface area contributed by atoms with Gasteiger partial charge in [-0.1, -0.05) is 6.92 Å². The van der Waals surface area contributed by atoms with Crippen LogP contribution in [0.1, 0.15) is 26.2 Å². The van der Waals surface area contributed by atoms with Gasteiger partial charge in [-0.2, -0.15) is 5.26 Å². The molecular formula is C11H15N3O2. The first-order valence-electron chi connectivity index (χ1n) is 5.55. The van der Waals surface area contributed by atoms with Crippen LogP contribution in [0.25, 0.3) is 0 Å². The molecule has 2 fully saturated rings. The van der Waals surface area contributed by atoms with Gasteiger partial charge in [0.25, 0.3) is 0 Å². The van der Waals surface area contributed by atoms with Crippen molar-refractivity contribution in [1.82, 2.24) is 10.6 Å². The number of carbonyl (C=O) groups is 2. The first kappa shape index (κ1) is 10.9. The van der Waals surface area contributed by atoms with Gasteiger partial charge in [0, 0.05) is 13.0 Å². The number of nitriles is 1. The number of hydrogen-bond donors (Lipinski definition) is 2. The SMILES string of the molecule is CC1CC(C#N)(C(=O)NC2CNC(=O)C2)C1. The van der Waals surface area contributed by atoms with Gasteiger partial charge in [0.15, 0.2) is 0 Å². The lowest BCUT2D eigenvalue weighted by Crippen LogP contribution is -2.51. The van der Waals surface area contributed by atoms with Crippen LogP contribution in [0.3, 0.4) is 0 Å². The van der Waals surface area contributed by atoms with Crippen LogP contribution in [0, 0.1) is 22.7 Å². The third-order valence-electron chi connectivity index (χ3n) is 3.36. The van der Waals surface area contributed by atoms with E-state index < -0.39 is 5.41 Å². The molecule has 1 atom stereocenters. The van der Waals surface area contributed by atoms with Gasteiger partial charge in [-0.25, -0.2) is 0 Å². The molecule has 0 aromatic carbocycles. The van der Waals surface area contributed by atoms with E-state index in [0.717, 1.165) is 0 Å². The van der Waals surface area contributed by atoms with Gasteiger partial charge in [-0.3, -0.25) is 9.59 Å². The maximum atomic E-state index is 11.9. The van der Waals surface area contributed by atoms with Gasteiger partial charge in [-0.05, 0) is 18.8 Å². The van der Waals surface area contributed by atoms with Crippen LogP contribution in [-0.2, 0) is 9.59 Å². The Kier molecular flexibility index (Phi) is 2.58. The van der Waals surface area contributed by atoms with Crippen molar-refractivity contribution in [1.29, 1.82) is 5.26 Å². The maximum absolute atomic E-state index is 11.9. The smallest absolute Gasteiger partial charge is 0.240 e. The van der Waals surface area contributed by atoms with Gasteiger partial charge >= 0.3 is 0 Å². The third-order valence-corrected chi connectivity index (χ3v) is 3.36. The summed E-state index contributed by atoms with van der Waals surface area (Å²) in [6.45, 7) is 2.51. The van der Waals surface area contributed by atoms with Crippen LogP contribution in [0.15, 0.2) is 0 Å². The molecule has 1 saturated heterocycles. The fourth-order valence-electron chi connectivity index (χ4n) is 2.49. The van der Waals surface area contributed by atoms with E-state index in [-0.39, 0.29) is 17.9 Å². The van der Waals surface area contributed by atoms with Gasteiger partial charge in [0.1, 0.15) is 5.41 Å². The zero-order valence-corrected chi connectivity index (χ0v) is 9.25. The summed E-state index contributed by atoms with van der Waals surface area (Å²) in [6, 6.07) is 1.96. The predicted octanol–water partition coefficient (Wildman–Crippen LogP) is -0.0690. The minimum absolute atomic E-state index is 0.0433. The Labute approximate surface area is 94.2 Å². The average molecular weight is 221 g/mol. The summed E-state index contributed by atoms with van der Waals surface area (Å²) in [7, 11) is 0. The summed E-state index contributed by atoms with van der Waals surface area (Å²) >= 11 is 0. The van der Waals surface area contributed by atoms with E-state index in [1.807, 2.05) is 6.92 Å². The van der Waals surface area contributed by atoms with E-state index in [9.17, 15) is 9.59 Å². The van der Waals surface area contributed by atoms with Crippen LogP contribution in [-0.4, -0.2) is 24.4 Å². The van der Waals surface area contributed by atoms with Crippen LogP contribution in [0.5, 0.6) is 0 Å². The summed E-state index contributed by atoms with van der Waals surface area (Å²) in [5, 5.41) is 14.5. The molecular weight excluding hydrogens is 206 g/mol. The molecule has 2 N–H and O–H groups in total. The number of hydrogen-bond acceptors (Lipinski definition) is 3. The molecule has 1 aliphatic carbocycles. The summed E-state index contributed by atoms with van der Waals surface area (Å²) in [5.74, 6) is 0.182. The highest BCUT2D eigenvalue weighted by molar-refractivity contribution is 5.88. The Morgan fingerprint density at radius 2 is 2.31 bits per heavy atom. The number of carbonyl (C=O) groups excluding carboxylic acids is 2. The zero-order chi connectivity index (χ0) is 11.8. The predicted molar refractivity (Wildman–Crippen MR) is 56.0 cm³/mol. The van der Waals surface area contributed by atoms with Crippen molar-refractivity contribution in [2.24, 2.45) is 11.3 Å². The molecule has 5 nitrogen and oxygen atoms in total. The molecule has 1 heterocycles. The lowest BCUT2D eigenvalue weighted by Gasteiger charge is -2.39. The maximum Gasteiger partial charge on any atom is 0.240 e. The second kappa shape index (κ2) is 3.78. The van der Waals surface area contributed by atoms with Crippen molar-refractivity contribution in [3.05, 3.63) is 0 Å². The highest BCUT2D eigenvalue weighted by atomic mass is 16.2. The molecule has 0 aromatic rings. The molecule has 1 aliphatic heterocycles. The standard InChI is InChI=1S/C11H15N3O2/c1-7-3-11(4-7,6-12)10(16)14-8-2-9(15)13-5-8/h7-8H,2-5H2,1H3,(H,13,15)(H,14,16). The fourth-order valence-corrected chi connectivity index (χ4v) is 2.49. The second-order valence-corrected chi connectivity index (χ2v) is 4.89. The summed E-state index contributed by atoms with van der Waals surface area (Å²) in [4.78, 5) is 22.9. The summed E-state index contributed by atoms with van der Waals surface area (Å²) < 4.78 is 0. The third kappa shape index (κ3) is 1.75. The summed E-state index contributed by atoms with van der Waals surface area (Å²) in [6.07, 6.45) is 1.58. The molecule has 2 aliphatic rings. The molecule has 0 radical (unpaired) electrons. The van der Waals surface area contributed by atoms with E-state index in [1.165, 1.54) is 0 Å². The fraction of sp³-hybridized carbons (Fsp3) is 0.727. The van der Waals surface area contributed by atoms with Crippen molar-refractivity contribution in [3.8, 4) is 6.07 Å². The Balaban J connectivity index is 1.93. The normalized spacial score (nSPS) is 37.1. The van der Waals surface area contributed by atoms with Crippen molar-refractivity contribution in [2.75, 3.05) is 6.54 Å². The van der Waals surface area contributed by atoms with Gasteiger partial charge < -0.3 is 10.6 Å². The van der Waals surface area contributed by atoms with Crippen LogP contribution in [0.4, 0.5) is 0 Å². The topological polar surface area (TPSA) is 82.0 Å². The molecule has 0 aromatic heterocycles. The van der Waals surface area contributed by atoms with Gasteiger partial charge in [0.2, 0.25) is 11.8 Å². The number of nitrogens with one attached hydrogen (secondary N) is 2. The quantitative estimate of drug-likeness (QED) is 0.684. The molecule has 2 rings (SSSR count). The van der Waals surface area contributed by atoms with E-state index in [0.29, 0.717) is 31.7 Å². The highest BCUT2D eigenvalue weighted by Gasteiger charge is 2.49. The Morgan fingerprint density at radius 3 is 2.75 bits per heavy atom. The first-order chi connectivity index (χ1) is 7.55. The van der Waals surface area contributed by atoms with E-state index in [4.69, 9.17) is 5.26 Å². The number of amides is 2. The van der Waals surface area contributed by atoms with Crippen LogP contribution < -0.4 is 10.6 Å². The second-order valence-electron chi connectivity index (χ2n) is 4.89. The van der Waals surface area contributed by atoms with Crippen LogP contribution >= 0.6 is 0 Å². The lowest BCUT2D eigenvalue weighted by molar-refractivity contribution is -0.134. The molecule has 0 bridgehead atoms. The molecule has 1 unspecified atom stereocenters. The Bertz CT molecular complexity index is 366. The lowest BCUT2D eigenvalue weighted by atomic mass is 9.63. The Morgan fingerprint density at radius 1 is 1.62 bits per heavy atom. The highest BCUT2D eigenvalue weighted by Crippen LogP contribution is 2.45. The van der Waals surface area contributed by atoms with Gasteiger partial charge in [0.05, 0.1) is 12.1 Å². The minimum Gasteiger partial charge on any atom is -0.354 e. The molecule has 1 saturated carbocycles. The van der Waals surface area contributed by atoms with E-state index >= 15 is 0 Å². The molecule has 16 heavy (non-hydrogen) atoms. The average Bonchev–Trinajstić information content (AvgIpc) is 2.58. The molecule has 2 amide bonds.